The number of rotatable bonds is 4. The highest BCUT2D eigenvalue weighted by Gasteiger charge is 2.20. The van der Waals surface area contributed by atoms with Crippen LogP contribution in [0.1, 0.15) is 41.1 Å². The molecule has 0 amide bonds. The number of nitrogens with one attached hydrogen (secondary N) is 1. The quantitative estimate of drug-likeness (QED) is 0.695. The summed E-state index contributed by atoms with van der Waals surface area (Å²) in [6.07, 6.45) is 3.72. The Morgan fingerprint density at radius 1 is 1.00 bits per heavy atom. The molecule has 25 heavy (non-hydrogen) atoms. The van der Waals surface area contributed by atoms with E-state index in [2.05, 4.69) is 72.3 Å². The van der Waals surface area contributed by atoms with Gasteiger partial charge in [0.2, 0.25) is 0 Å². The lowest BCUT2D eigenvalue weighted by molar-refractivity contribution is 0.214. The Kier molecular flexibility index (Phi) is 4.63. The standard InChI is InChI=1S/C23H28N2/c1-17-8-9-23-22(16-17)21(18(2)24-23)12-15-25-13-10-20(11-14-25)19-6-4-3-5-7-19/h3-9,16,20,24H,10-15H2,1-2H3. The number of aryl methyl sites for hydroxylation is 2. The van der Waals surface area contributed by atoms with Crippen molar-refractivity contribution >= 4 is 10.9 Å². The molecule has 1 saturated heterocycles. The van der Waals surface area contributed by atoms with Crippen molar-refractivity contribution in [1.82, 2.24) is 9.88 Å². The van der Waals surface area contributed by atoms with Gasteiger partial charge in [0.15, 0.2) is 0 Å². The van der Waals surface area contributed by atoms with Crippen molar-refractivity contribution in [1.29, 1.82) is 0 Å². The maximum atomic E-state index is 3.55. The van der Waals surface area contributed by atoms with Gasteiger partial charge in [-0.05, 0) is 75.4 Å². The predicted molar refractivity (Wildman–Crippen MR) is 106 cm³/mol. The molecule has 1 fully saturated rings. The molecule has 3 aromatic rings. The number of hydrogen-bond donors (Lipinski definition) is 1. The highest BCUT2D eigenvalue weighted by Crippen LogP contribution is 2.29. The van der Waals surface area contributed by atoms with Crippen molar-refractivity contribution in [3.05, 3.63) is 70.9 Å². The topological polar surface area (TPSA) is 19.0 Å². The van der Waals surface area contributed by atoms with E-state index in [4.69, 9.17) is 0 Å². The van der Waals surface area contributed by atoms with Gasteiger partial charge in [-0.15, -0.1) is 0 Å². The zero-order chi connectivity index (χ0) is 17.2. The van der Waals surface area contributed by atoms with E-state index < -0.39 is 0 Å². The van der Waals surface area contributed by atoms with Gasteiger partial charge < -0.3 is 9.88 Å². The molecular formula is C23H28N2. The van der Waals surface area contributed by atoms with E-state index in [9.17, 15) is 0 Å². The lowest BCUT2D eigenvalue weighted by Gasteiger charge is -2.32. The molecule has 1 aliphatic heterocycles. The summed E-state index contributed by atoms with van der Waals surface area (Å²) in [5.74, 6) is 0.745. The van der Waals surface area contributed by atoms with Gasteiger partial charge in [0, 0.05) is 23.1 Å². The Hall–Kier alpha value is -2.06. The van der Waals surface area contributed by atoms with Gasteiger partial charge in [0.25, 0.3) is 0 Å². The number of hydrogen-bond acceptors (Lipinski definition) is 1. The van der Waals surface area contributed by atoms with Crippen molar-refractivity contribution in [2.45, 2.75) is 39.0 Å². The molecule has 0 saturated carbocycles. The van der Waals surface area contributed by atoms with E-state index in [0.717, 1.165) is 12.3 Å². The molecule has 0 atom stereocenters. The molecule has 2 heterocycles. The van der Waals surface area contributed by atoms with Crippen LogP contribution in [0.5, 0.6) is 0 Å². The fourth-order valence-corrected chi connectivity index (χ4v) is 4.30. The summed E-state index contributed by atoms with van der Waals surface area (Å²) < 4.78 is 0. The van der Waals surface area contributed by atoms with Gasteiger partial charge in [0.1, 0.15) is 0 Å². The highest BCUT2D eigenvalue weighted by molar-refractivity contribution is 5.85. The number of benzene rings is 2. The minimum Gasteiger partial charge on any atom is -0.358 e. The maximum Gasteiger partial charge on any atom is 0.0459 e. The second-order valence-electron chi connectivity index (χ2n) is 7.55. The molecule has 1 N–H and O–H groups in total. The first-order valence-electron chi connectivity index (χ1n) is 9.56. The molecule has 2 aromatic carbocycles. The first-order valence-corrected chi connectivity index (χ1v) is 9.56. The summed E-state index contributed by atoms with van der Waals surface area (Å²) in [6.45, 7) is 8.01. The summed E-state index contributed by atoms with van der Waals surface area (Å²) in [6, 6.07) is 17.8. The van der Waals surface area contributed by atoms with Crippen LogP contribution >= 0.6 is 0 Å². The largest absolute Gasteiger partial charge is 0.358 e. The summed E-state index contributed by atoms with van der Waals surface area (Å²) >= 11 is 0. The number of piperidine rings is 1. The second-order valence-corrected chi connectivity index (χ2v) is 7.55. The molecule has 4 rings (SSSR count). The average Bonchev–Trinajstić information content (AvgIpc) is 2.96. The molecule has 2 heteroatoms. The fraction of sp³-hybridized carbons (Fsp3) is 0.391. The molecule has 0 radical (unpaired) electrons. The van der Waals surface area contributed by atoms with Gasteiger partial charge in [0.05, 0.1) is 0 Å². The molecule has 0 bridgehead atoms. The molecular weight excluding hydrogens is 304 g/mol. The van der Waals surface area contributed by atoms with Gasteiger partial charge in [-0.2, -0.15) is 0 Å². The minimum atomic E-state index is 0.745. The Morgan fingerprint density at radius 3 is 2.52 bits per heavy atom. The Balaban J connectivity index is 1.39. The summed E-state index contributed by atoms with van der Waals surface area (Å²) in [7, 11) is 0. The van der Waals surface area contributed by atoms with Crippen LogP contribution < -0.4 is 0 Å². The Labute approximate surface area is 150 Å². The highest BCUT2D eigenvalue weighted by atomic mass is 15.1. The van der Waals surface area contributed by atoms with E-state index in [-0.39, 0.29) is 0 Å². The SMILES string of the molecule is Cc1ccc2[nH]c(C)c(CCN3CCC(c4ccccc4)CC3)c2c1. The number of fused-ring (bicyclic) bond motifs is 1. The second kappa shape index (κ2) is 7.05. The summed E-state index contributed by atoms with van der Waals surface area (Å²) in [4.78, 5) is 6.20. The van der Waals surface area contributed by atoms with Crippen molar-refractivity contribution in [3.8, 4) is 0 Å². The van der Waals surface area contributed by atoms with E-state index in [1.165, 1.54) is 65.8 Å². The predicted octanol–water partition coefficient (Wildman–Crippen LogP) is 5.21. The van der Waals surface area contributed by atoms with E-state index in [0.29, 0.717) is 0 Å². The first kappa shape index (κ1) is 16.4. The van der Waals surface area contributed by atoms with Crippen molar-refractivity contribution in [2.24, 2.45) is 0 Å². The minimum absolute atomic E-state index is 0.745. The van der Waals surface area contributed by atoms with E-state index in [1.54, 1.807) is 0 Å². The van der Waals surface area contributed by atoms with Gasteiger partial charge in [-0.25, -0.2) is 0 Å². The van der Waals surface area contributed by atoms with Crippen LogP contribution in [0.25, 0.3) is 10.9 Å². The van der Waals surface area contributed by atoms with Crippen molar-refractivity contribution in [2.75, 3.05) is 19.6 Å². The number of aromatic amines is 1. The average molecular weight is 332 g/mol. The van der Waals surface area contributed by atoms with Crippen molar-refractivity contribution < 1.29 is 0 Å². The Bertz CT molecular complexity index is 839. The fourth-order valence-electron chi connectivity index (χ4n) is 4.30. The van der Waals surface area contributed by atoms with Crippen LogP contribution in [-0.2, 0) is 6.42 Å². The van der Waals surface area contributed by atoms with E-state index >= 15 is 0 Å². The maximum absolute atomic E-state index is 3.55. The molecule has 0 unspecified atom stereocenters. The molecule has 1 aliphatic rings. The molecule has 2 nitrogen and oxygen atoms in total. The van der Waals surface area contributed by atoms with Gasteiger partial charge >= 0.3 is 0 Å². The lowest BCUT2D eigenvalue weighted by atomic mass is 9.89. The van der Waals surface area contributed by atoms with Crippen LogP contribution in [0.15, 0.2) is 48.5 Å². The third-order valence-corrected chi connectivity index (χ3v) is 5.81. The molecule has 0 spiro atoms. The van der Waals surface area contributed by atoms with Gasteiger partial charge in [-0.1, -0.05) is 42.0 Å². The van der Waals surface area contributed by atoms with E-state index in [1.807, 2.05) is 0 Å². The smallest absolute Gasteiger partial charge is 0.0459 e. The molecule has 1 aromatic heterocycles. The monoisotopic (exact) mass is 332 g/mol. The van der Waals surface area contributed by atoms with Crippen LogP contribution in [0.3, 0.4) is 0 Å². The van der Waals surface area contributed by atoms with Crippen molar-refractivity contribution in [3.63, 3.8) is 0 Å². The zero-order valence-corrected chi connectivity index (χ0v) is 15.4. The molecule has 0 aliphatic carbocycles. The number of likely N-dealkylation sites (tertiary alicyclic amines) is 1. The molecule has 130 valence electrons. The normalized spacial score (nSPS) is 16.6. The number of nitrogens with zero attached hydrogens (tertiary/aromatic N) is 1. The zero-order valence-electron chi connectivity index (χ0n) is 15.4. The summed E-state index contributed by atoms with van der Waals surface area (Å²) in [5, 5.41) is 1.41. The third kappa shape index (κ3) is 3.50. The number of aromatic nitrogens is 1. The first-order chi connectivity index (χ1) is 12.2. The van der Waals surface area contributed by atoms with Crippen LogP contribution in [0.4, 0.5) is 0 Å². The van der Waals surface area contributed by atoms with Crippen LogP contribution in [-0.4, -0.2) is 29.5 Å². The third-order valence-electron chi connectivity index (χ3n) is 5.81. The van der Waals surface area contributed by atoms with Crippen LogP contribution in [0, 0.1) is 13.8 Å². The van der Waals surface area contributed by atoms with Gasteiger partial charge in [-0.3, -0.25) is 0 Å². The summed E-state index contributed by atoms with van der Waals surface area (Å²) in [5.41, 5.74) is 6.98. The lowest BCUT2D eigenvalue weighted by Crippen LogP contribution is -2.34. The Morgan fingerprint density at radius 2 is 1.76 bits per heavy atom. The number of H-pyrrole nitrogens is 1. The van der Waals surface area contributed by atoms with Crippen LogP contribution in [0.2, 0.25) is 0 Å².